The van der Waals surface area contributed by atoms with Gasteiger partial charge in [-0.3, -0.25) is 4.79 Å². The highest BCUT2D eigenvalue weighted by Crippen LogP contribution is 2.37. The first-order chi connectivity index (χ1) is 8.72. The maximum atomic E-state index is 12.2. The van der Waals surface area contributed by atoms with Gasteiger partial charge in [0.1, 0.15) is 0 Å². The molecule has 0 spiro atoms. The summed E-state index contributed by atoms with van der Waals surface area (Å²) in [6, 6.07) is -0.136. The molecule has 0 aromatic rings. The Kier molecular flexibility index (Phi) is 3.93. The number of carbonyl (C=O) groups is 1. The van der Waals surface area contributed by atoms with Crippen LogP contribution in [0.1, 0.15) is 33.1 Å². The minimum absolute atomic E-state index is 0.0499. The summed E-state index contributed by atoms with van der Waals surface area (Å²) in [5, 5.41) is 6.08. The largest absolute Gasteiger partial charge is 0.353 e. The Morgan fingerprint density at radius 1 is 1.37 bits per heavy atom. The SMILES string of the molecule is CC(C)(CNC(=O)C1NCC2CCCC21)S(C)(=O)=O. The summed E-state index contributed by atoms with van der Waals surface area (Å²) in [5.74, 6) is 1.01. The molecule has 3 atom stereocenters. The Bertz CT molecular complexity index is 459. The van der Waals surface area contributed by atoms with Gasteiger partial charge in [0.2, 0.25) is 5.91 Å². The lowest BCUT2D eigenvalue weighted by Crippen LogP contribution is -2.50. The van der Waals surface area contributed by atoms with Crippen molar-refractivity contribution < 1.29 is 13.2 Å². The van der Waals surface area contributed by atoms with Crippen LogP contribution in [-0.2, 0) is 14.6 Å². The maximum absolute atomic E-state index is 12.2. The van der Waals surface area contributed by atoms with Gasteiger partial charge in [0, 0.05) is 12.8 Å². The second kappa shape index (κ2) is 5.05. The highest BCUT2D eigenvalue weighted by atomic mass is 32.2. The molecule has 2 rings (SSSR count). The van der Waals surface area contributed by atoms with Crippen molar-refractivity contribution in [2.75, 3.05) is 19.3 Å². The standard InChI is InChI=1S/C13H24N2O3S/c1-13(2,19(3,17)18)8-15-12(16)11-10-6-4-5-9(10)7-14-11/h9-11,14H,4-8H2,1-3H3,(H,15,16). The molecule has 5 nitrogen and oxygen atoms in total. The van der Waals surface area contributed by atoms with Gasteiger partial charge in [-0.2, -0.15) is 0 Å². The lowest BCUT2D eigenvalue weighted by atomic mass is 9.93. The molecule has 2 aliphatic rings. The van der Waals surface area contributed by atoms with Crippen molar-refractivity contribution in [2.45, 2.75) is 43.9 Å². The maximum Gasteiger partial charge on any atom is 0.237 e. The van der Waals surface area contributed by atoms with Crippen LogP contribution >= 0.6 is 0 Å². The number of nitrogens with one attached hydrogen (secondary N) is 2. The van der Waals surface area contributed by atoms with E-state index < -0.39 is 14.6 Å². The van der Waals surface area contributed by atoms with Gasteiger partial charge in [0.05, 0.1) is 10.8 Å². The molecular formula is C13H24N2O3S. The number of fused-ring (bicyclic) bond motifs is 1. The Morgan fingerprint density at radius 3 is 2.68 bits per heavy atom. The average Bonchev–Trinajstić information content (AvgIpc) is 2.85. The van der Waals surface area contributed by atoms with E-state index in [9.17, 15) is 13.2 Å². The number of sulfone groups is 1. The number of carbonyl (C=O) groups excluding carboxylic acids is 1. The van der Waals surface area contributed by atoms with Crippen LogP contribution in [0.15, 0.2) is 0 Å². The van der Waals surface area contributed by atoms with Gasteiger partial charge >= 0.3 is 0 Å². The zero-order chi connectivity index (χ0) is 14.3. The molecule has 0 aromatic carbocycles. The van der Waals surface area contributed by atoms with Crippen molar-refractivity contribution in [1.82, 2.24) is 10.6 Å². The van der Waals surface area contributed by atoms with E-state index in [-0.39, 0.29) is 18.5 Å². The Hall–Kier alpha value is -0.620. The van der Waals surface area contributed by atoms with Gasteiger partial charge in [0.25, 0.3) is 0 Å². The highest BCUT2D eigenvalue weighted by molar-refractivity contribution is 7.92. The van der Waals surface area contributed by atoms with Gasteiger partial charge in [-0.1, -0.05) is 6.42 Å². The van der Waals surface area contributed by atoms with Crippen LogP contribution in [0.3, 0.4) is 0 Å². The molecule has 0 aromatic heterocycles. The molecule has 2 fully saturated rings. The van der Waals surface area contributed by atoms with E-state index in [0.717, 1.165) is 13.0 Å². The second-order valence-electron chi connectivity index (χ2n) is 6.49. The van der Waals surface area contributed by atoms with Crippen molar-refractivity contribution in [1.29, 1.82) is 0 Å². The molecular weight excluding hydrogens is 264 g/mol. The molecule has 6 heteroatoms. The second-order valence-corrected chi connectivity index (χ2v) is 9.14. The van der Waals surface area contributed by atoms with Gasteiger partial charge in [-0.05, 0) is 45.1 Å². The summed E-state index contributed by atoms with van der Waals surface area (Å²) in [5.41, 5.74) is 0. The zero-order valence-corrected chi connectivity index (χ0v) is 12.7. The van der Waals surface area contributed by atoms with Gasteiger partial charge < -0.3 is 10.6 Å². The van der Waals surface area contributed by atoms with Crippen LogP contribution in [0.2, 0.25) is 0 Å². The molecule has 1 aliphatic heterocycles. The number of hydrogen-bond donors (Lipinski definition) is 2. The van der Waals surface area contributed by atoms with Gasteiger partial charge in [-0.25, -0.2) is 8.42 Å². The summed E-state index contributed by atoms with van der Waals surface area (Å²) in [7, 11) is -3.17. The predicted octanol–water partition coefficient (Wildman–Crippen LogP) is 0.314. The van der Waals surface area contributed by atoms with E-state index in [4.69, 9.17) is 0 Å². The van der Waals surface area contributed by atoms with Crippen LogP contribution < -0.4 is 10.6 Å². The minimum atomic E-state index is -3.17. The van der Waals surface area contributed by atoms with Crippen LogP contribution in [-0.4, -0.2) is 44.5 Å². The number of amides is 1. The van der Waals surface area contributed by atoms with E-state index in [2.05, 4.69) is 10.6 Å². The topological polar surface area (TPSA) is 75.3 Å². The lowest BCUT2D eigenvalue weighted by Gasteiger charge is -2.25. The Labute approximate surface area is 115 Å². The van der Waals surface area contributed by atoms with Crippen LogP contribution in [0.4, 0.5) is 0 Å². The van der Waals surface area contributed by atoms with Crippen molar-refractivity contribution in [3.8, 4) is 0 Å². The summed E-state index contributed by atoms with van der Waals surface area (Å²) < 4.78 is 22.3. The molecule has 0 radical (unpaired) electrons. The summed E-state index contributed by atoms with van der Waals surface area (Å²) in [6.45, 7) is 4.37. The van der Waals surface area contributed by atoms with Crippen LogP contribution in [0.5, 0.6) is 0 Å². The van der Waals surface area contributed by atoms with Crippen molar-refractivity contribution in [3.05, 3.63) is 0 Å². The molecule has 1 amide bonds. The van der Waals surface area contributed by atoms with Crippen LogP contribution in [0.25, 0.3) is 0 Å². The first-order valence-electron chi connectivity index (χ1n) is 6.93. The molecule has 1 aliphatic carbocycles. The smallest absolute Gasteiger partial charge is 0.237 e. The minimum Gasteiger partial charge on any atom is -0.353 e. The fourth-order valence-corrected chi connectivity index (χ4v) is 3.35. The molecule has 3 unspecified atom stereocenters. The number of rotatable bonds is 4. The summed E-state index contributed by atoms with van der Waals surface area (Å²) in [6.07, 6.45) is 4.72. The summed E-state index contributed by atoms with van der Waals surface area (Å²) in [4.78, 5) is 12.2. The predicted molar refractivity (Wildman–Crippen MR) is 74.6 cm³/mol. The third-order valence-electron chi connectivity index (χ3n) is 4.72. The van der Waals surface area contributed by atoms with E-state index in [1.54, 1.807) is 13.8 Å². The van der Waals surface area contributed by atoms with Crippen molar-refractivity contribution in [3.63, 3.8) is 0 Å². The van der Waals surface area contributed by atoms with Crippen molar-refractivity contribution in [2.24, 2.45) is 11.8 Å². The molecule has 110 valence electrons. The third kappa shape index (κ3) is 2.94. The zero-order valence-electron chi connectivity index (χ0n) is 11.9. The average molecular weight is 288 g/mol. The molecule has 1 heterocycles. The molecule has 19 heavy (non-hydrogen) atoms. The van der Waals surface area contributed by atoms with Crippen LogP contribution in [0, 0.1) is 11.8 Å². The Morgan fingerprint density at radius 2 is 2.05 bits per heavy atom. The van der Waals surface area contributed by atoms with Gasteiger partial charge in [-0.15, -0.1) is 0 Å². The molecule has 1 saturated heterocycles. The third-order valence-corrected chi connectivity index (χ3v) is 6.87. The molecule has 2 N–H and O–H groups in total. The fraction of sp³-hybridized carbons (Fsp3) is 0.923. The Balaban J connectivity index is 1.92. The molecule has 0 bridgehead atoms. The summed E-state index contributed by atoms with van der Waals surface area (Å²) >= 11 is 0. The number of hydrogen-bond acceptors (Lipinski definition) is 4. The van der Waals surface area contributed by atoms with E-state index in [1.165, 1.54) is 19.1 Å². The first kappa shape index (κ1) is 14.8. The lowest BCUT2D eigenvalue weighted by molar-refractivity contribution is -0.123. The normalized spacial score (nSPS) is 31.2. The quantitative estimate of drug-likeness (QED) is 0.781. The van der Waals surface area contributed by atoms with Gasteiger partial charge in [0.15, 0.2) is 9.84 Å². The first-order valence-corrected chi connectivity index (χ1v) is 8.82. The fourth-order valence-electron chi connectivity index (χ4n) is 3.02. The molecule has 1 saturated carbocycles. The monoisotopic (exact) mass is 288 g/mol. The van der Waals surface area contributed by atoms with Crippen molar-refractivity contribution >= 4 is 15.7 Å². The van der Waals surface area contributed by atoms with E-state index >= 15 is 0 Å². The van der Waals surface area contributed by atoms with E-state index in [1.807, 2.05) is 0 Å². The highest BCUT2D eigenvalue weighted by Gasteiger charge is 2.42. The van der Waals surface area contributed by atoms with E-state index in [0.29, 0.717) is 11.8 Å².